The molecule has 0 saturated heterocycles. The Kier molecular flexibility index (Phi) is 4.71. The van der Waals surface area contributed by atoms with E-state index in [1.165, 1.54) is 23.6 Å². The summed E-state index contributed by atoms with van der Waals surface area (Å²) in [4.78, 5) is 26.1. The number of thiazole rings is 1. The van der Waals surface area contributed by atoms with Gasteiger partial charge in [-0.2, -0.15) is 0 Å². The number of aromatic carboxylic acids is 1. The van der Waals surface area contributed by atoms with E-state index < -0.39 is 17.8 Å². The minimum atomic E-state index is -1.14. The van der Waals surface area contributed by atoms with Gasteiger partial charge in [0.1, 0.15) is 10.8 Å². The lowest BCUT2D eigenvalue weighted by molar-refractivity contribution is 0.0691. The van der Waals surface area contributed by atoms with Crippen molar-refractivity contribution in [3.63, 3.8) is 0 Å². The van der Waals surface area contributed by atoms with Gasteiger partial charge in [0.15, 0.2) is 5.69 Å². The van der Waals surface area contributed by atoms with E-state index in [1.54, 1.807) is 0 Å². The normalized spacial score (nSPS) is 10.2. The SMILES string of the molecule is O=C(NCc1nc(C(=O)O)cs1)Nc1c(F)cccc1Cl. The minimum absolute atomic E-state index is 0.0237. The number of rotatable bonds is 4. The van der Waals surface area contributed by atoms with Gasteiger partial charge in [0.2, 0.25) is 0 Å². The second-order valence-electron chi connectivity index (χ2n) is 3.84. The first-order valence-corrected chi connectivity index (χ1v) is 6.89. The summed E-state index contributed by atoms with van der Waals surface area (Å²) in [6.45, 7) is 0.0237. The first kappa shape index (κ1) is 15.2. The smallest absolute Gasteiger partial charge is 0.355 e. The number of amides is 2. The molecule has 0 radical (unpaired) electrons. The quantitative estimate of drug-likeness (QED) is 0.804. The molecular weight excluding hydrogens is 321 g/mol. The number of para-hydroxylation sites is 1. The van der Waals surface area contributed by atoms with Gasteiger partial charge in [0.05, 0.1) is 17.3 Å². The molecule has 1 heterocycles. The van der Waals surface area contributed by atoms with Gasteiger partial charge >= 0.3 is 12.0 Å². The lowest BCUT2D eigenvalue weighted by Gasteiger charge is -2.08. The average Bonchev–Trinajstić information content (AvgIpc) is 2.90. The Morgan fingerprint density at radius 2 is 2.19 bits per heavy atom. The Hall–Kier alpha value is -2.19. The molecule has 0 spiro atoms. The number of nitrogens with one attached hydrogen (secondary N) is 2. The number of anilines is 1. The summed E-state index contributed by atoms with van der Waals surface area (Å²) in [5.41, 5.74) is -0.212. The lowest BCUT2D eigenvalue weighted by Crippen LogP contribution is -2.28. The second-order valence-corrected chi connectivity index (χ2v) is 5.19. The van der Waals surface area contributed by atoms with Crippen molar-refractivity contribution < 1.29 is 19.1 Å². The van der Waals surface area contributed by atoms with Crippen molar-refractivity contribution in [2.45, 2.75) is 6.54 Å². The third kappa shape index (κ3) is 3.89. The summed E-state index contributed by atoms with van der Waals surface area (Å²) in [5.74, 6) is -1.79. The zero-order valence-electron chi connectivity index (χ0n) is 10.4. The molecule has 0 aliphatic carbocycles. The van der Waals surface area contributed by atoms with Crippen LogP contribution in [0.2, 0.25) is 5.02 Å². The number of halogens is 2. The number of carboxylic acids is 1. The molecule has 0 bridgehead atoms. The van der Waals surface area contributed by atoms with Crippen LogP contribution < -0.4 is 10.6 Å². The van der Waals surface area contributed by atoms with Gasteiger partial charge in [-0.05, 0) is 12.1 Å². The molecule has 0 fully saturated rings. The number of urea groups is 1. The zero-order chi connectivity index (χ0) is 15.4. The maximum absolute atomic E-state index is 13.5. The fourth-order valence-corrected chi connectivity index (χ4v) is 2.34. The van der Waals surface area contributed by atoms with Crippen LogP contribution in [0.4, 0.5) is 14.9 Å². The predicted molar refractivity (Wildman–Crippen MR) is 76.3 cm³/mol. The highest BCUT2D eigenvalue weighted by molar-refractivity contribution is 7.09. The summed E-state index contributed by atoms with van der Waals surface area (Å²) < 4.78 is 13.5. The molecule has 1 aromatic carbocycles. The molecule has 2 amide bonds. The van der Waals surface area contributed by atoms with Crippen molar-refractivity contribution in [2.24, 2.45) is 0 Å². The zero-order valence-corrected chi connectivity index (χ0v) is 12.0. The third-order valence-electron chi connectivity index (χ3n) is 2.37. The molecule has 2 aromatic rings. The summed E-state index contributed by atoms with van der Waals surface area (Å²) in [6.07, 6.45) is 0. The number of carbonyl (C=O) groups is 2. The van der Waals surface area contributed by atoms with Crippen molar-refractivity contribution in [2.75, 3.05) is 5.32 Å². The number of aromatic nitrogens is 1. The standard InChI is InChI=1S/C12H9ClFN3O3S/c13-6-2-1-3-7(14)10(6)17-12(20)15-4-9-16-8(5-21-9)11(18)19/h1-3,5H,4H2,(H,18,19)(H2,15,17,20). The topological polar surface area (TPSA) is 91.3 Å². The molecule has 6 nitrogen and oxygen atoms in total. The maximum atomic E-state index is 13.5. The van der Waals surface area contributed by atoms with E-state index >= 15 is 0 Å². The van der Waals surface area contributed by atoms with Gasteiger partial charge in [-0.25, -0.2) is 19.0 Å². The van der Waals surface area contributed by atoms with E-state index in [4.69, 9.17) is 16.7 Å². The molecule has 21 heavy (non-hydrogen) atoms. The fourth-order valence-electron chi connectivity index (χ4n) is 1.42. The molecule has 2 rings (SSSR count). The molecule has 3 N–H and O–H groups in total. The second kappa shape index (κ2) is 6.51. The molecule has 9 heteroatoms. The van der Waals surface area contributed by atoms with Crippen molar-refractivity contribution in [3.8, 4) is 0 Å². The van der Waals surface area contributed by atoms with Gasteiger partial charge in [-0.3, -0.25) is 0 Å². The minimum Gasteiger partial charge on any atom is -0.476 e. The number of carbonyl (C=O) groups excluding carboxylic acids is 1. The predicted octanol–water partition coefficient (Wildman–Crippen LogP) is 2.96. The summed E-state index contributed by atoms with van der Waals surface area (Å²) >= 11 is 6.87. The van der Waals surface area contributed by atoms with Crippen LogP contribution in [0, 0.1) is 5.82 Å². The van der Waals surface area contributed by atoms with Crippen LogP contribution >= 0.6 is 22.9 Å². The Balaban J connectivity index is 1.94. The van der Waals surface area contributed by atoms with Crippen molar-refractivity contribution in [3.05, 3.63) is 45.1 Å². The molecule has 110 valence electrons. The lowest BCUT2D eigenvalue weighted by atomic mass is 10.3. The first-order chi connectivity index (χ1) is 9.97. The van der Waals surface area contributed by atoms with Crippen LogP contribution in [0.25, 0.3) is 0 Å². The van der Waals surface area contributed by atoms with Gasteiger partial charge in [0, 0.05) is 5.38 Å². The monoisotopic (exact) mass is 329 g/mol. The first-order valence-electron chi connectivity index (χ1n) is 5.64. The Labute approximate surface area is 127 Å². The van der Waals surface area contributed by atoms with Crippen LogP contribution in [-0.2, 0) is 6.54 Å². The molecule has 1 aromatic heterocycles. The molecule has 0 unspecified atom stereocenters. The number of nitrogens with zero attached hydrogens (tertiary/aromatic N) is 1. The van der Waals surface area contributed by atoms with Crippen LogP contribution in [-0.4, -0.2) is 22.1 Å². The molecule has 0 saturated carbocycles. The third-order valence-corrected chi connectivity index (χ3v) is 3.54. The molecule has 0 aliphatic rings. The van der Waals surface area contributed by atoms with E-state index in [1.807, 2.05) is 0 Å². The van der Waals surface area contributed by atoms with E-state index in [0.29, 0.717) is 5.01 Å². The van der Waals surface area contributed by atoms with Crippen LogP contribution in [0.3, 0.4) is 0 Å². The van der Waals surface area contributed by atoms with Crippen LogP contribution in [0.1, 0.15) is 15.5 Å². The van der Waals surface area contributed by atoms with Gasteiger partial charge in [-0.1, -0.05) is 17.7 Å². The Morgan fingerprint density at radius 1 is 1.43 bits per heavy atom. The summed E-state index contributed by atoms with van der Waals surface area (Å²) in [7, 11) is 0. The van der Waals surface area contributed by atoms with Crippen LogP contribution in [0.5, 0.6) is 0 Å². The van der Waals surface area contributed by atoms with E-state index in [-0.39, 0.29) is 22.9 Å². The number of benzene rings is 1. The highest BCUT2D eigenvalue weighted by Crippen LogP contribution is 2.24. The average molecular weight is 330 g/mol. The maximum Gasteiger partial charge on any atom is 0.355 e. The van der Waals surface area contributed by atoms with E-state index in [9.17, 15) is 14.0 Å². The van der Waals surface area contributed by atoms with E-state index in [2.05, 4.69) is 15.6 Å². The largest absolute Gasteiger partial charge is 0.476 e. The molecule has 0 atom stereocenters. The molecule has 0 aliphatic heterocycles. The number of carboxylic acid groups (broad SMARTS) is 1. The fraction of sp³-hybridized carbons (Fsp3) is 0.0833. The highest BCUT2D eigenvalue weighted by atomic mass is 35.5. The number of hydrogen-bond donors (Lipinski definition) is 3. The van der Waals surface area contributed by atoms with Gasteiger partial charge in [-0.15, -0.1) is 11.3 Å². The Bertz CT molecular complexity index is 672. The van der Waals surface area contributed by atoms with Crippen molar-refractivity contribution >= 4 is 40.6 Å². The van der Waals surface area contributed by atoms with Crippen molar-refractivity contribution in [1.82, 2.24) is 10.3 Å². The van der Waals surface area contributed by atoms with Crippen molar-refractivity contribution in [1.29, 1.82) is 0 Å². The van der Waals surface area contributed by atoms with Gasteiger partial charge < -0.3 is 15.7 Å². The highest BCUT2D eigenvalue weighted by Gasteiger charge is 2.12. The molecular formula is C12H9ClFN3O3S. The Morgan fingerprint density at radius 3 is 2.81 bits per heavy atom. The van der Waals surface area contributed by atoms with Crippen LogP contribution in [0.15, 0.2) is 23.6 Å². The summed E-state index contributed by atoms with van der Waals surface area (Å²) in [6, 6.07) is 3.36. The van der Waals surface area contributed by atoms with Gasteiger partial charge in [0.25, 0.3) is 0 Å². The number of hydrogen-bond acceptors (Lipinski definition) is 4. The summed E-state index contributed by atoms with van der Waals surface area (Å²) in [5, 5.41) is 15.3. The van der Waals surface area contributed by atoms with E-state index in [0.717, 1.165) is 11.3 Å².